The van der Waals surface area contributed by atoms with Crippen molar-refractivity contribution in [3.63, 3.8) is 0 Å². The molecule has 0 radical (unpaired) electrons. The molecule has 2 aromatic rings. The highest BCUT2D eigenvalue weighted by Crippen LogP contribution is 2.40. The van der Waals surface area contributed by atoms with Crippen molar-refractivity contribution in [1.29, 1.82) is 0 Å². The van der Waals surface area contributed by atoms with Gasteiger partial charge < -0.3 is 19.9 Å². The van der Waals surface area contributed by atoms with Crippen molar-refractivity contribution < 1.29 is 14.1 Å². The maximum absolute atomic E-state index is 11.9. The van der Waals surface area contributed by atoms with Gasteiger partial charge in [-0.05, 0) is 25.0 Å². The lowest BCUT2D eigenvalue weighted by molar-refractivity contribution is -0.120. The van der Waals surface area contributed by atoms with Crippen LogP contribution in [-0.4, -0.2) is 29.7 Å². The van der Waals surface area contributed by atoms with Gasteiger partial charge in [0.05, 0.1) is 13.5 Å². The molecule has 0 bridgehead atoms. The molecule has 3 rings (SSSR count). The summed E-state index contributed by atoms with van der Waals surface area (Å²) in [4.78, 5) is 16.2. The summed E-state index contributed by atoms with van der Waals surface area (Å²) in [5, 5.41) is 10.2. The second-order valence-electron chi connectivity index (χ2n) is 6.27. The number of carbonyl (C=O) groups is 1. The number of unbranched alkanes of at least 4 members (excludes halogenated alkanes) is 1. The Morgan fingerprint density at radius 1 is 1.48 bits per heavy atom. The van der Waals surface area contributed by atoms with Gasteiger partial charge in [0.15, 0.2) is 5.82 Å². The summed E-state index contributed by atoms with van der Waals surface area (Å²) in [5.41, 5.74) is 3.32. The van der Waals surface area contributed by atoms with E-state index in [4.69, 9.17) is 9.26 Å². The Labute approximate surface area is 147 Å². The third-order valence-corrected chi connectivity index (χ3v) is 4.38. The minimum Gasteiger partial charge on any atom is -0.496 e. The van der Waals surface area contributed by atoms with E-state index in [-0.39, 0.29) is 18.4 Å². The standard InChI is InChI=1S/C18H24N4O3/c1-4-5-8-19-16(23)10-15-21-18(25-22-15)13-9-12-14(24-3)7-6-11(2)17(12)20-13/h6-7,13,20H,4-5,8-10H2,1-3H3,(H,19,23). The van der Waals surface area contributed by atoms with Gasteiger partial charge in [-0.3, -0.25) is 4.79 Å². The van der Waals surface area contributed by atoms with Crippen LogP contribution in [0.2, 0.25) is 0 Å². The Kier molecular flexibility index (Phi) is 5.21. The third-order valence-electron chi connectivity index (χ3n) is 4.38. The SMILES string of the molecule is CCCCNC(=O)Cc1noc(C2Cc3c(OC)ccc(C)c3N2)n1. The molecule has 1 unspecified atom stereocenters. The zero-order chi connectivity index (χ0) is 17.8. The van der Waals surface area contributed by atoms with Gasteiger partial charge in [-0.1, -0.05) is 24.6 Å². The number of hydrogen-bond donors (Lipinski definition) is 2. The second kappa shape index (κ2) is 7.55. The van der Waals surface area contributed by atoms with Gasteiger partial charge >= 0.3 is 0 Å². The number of nitrogens with zero attached hydrogens (tertiary/aromatic N) is 2. The highest BCUT2D eigenvalue weighted by Gasteiger charge is 2.30. The van der Waals surface area contributed by atoms with Crippen LogP contribution in [0.15, 0.2) is 16.7 Å². The minimum atomic E-state index is -0.102. The molecule has 1 aromatic carbocycles. The molecule has 0 fully saturated rings. The largest absolute Gasteiger partial charge is 0.496 e. The summed E-state index contributed by atoms with van der Waals surface area (Å²) in [6, 6.07) is 3.89. The van der Waals surface area contributed by atoms with Crippen LogP contribution in [0.3, 0.4) is 0 Å². The van der Waals surface area contributed by atoms with E-state index in [0.29, 0.717) is 24.7 Å². The molecule has 2 heterocycles. The summed E-state index contributed by atoms with van der Waals surface area (Å²) >= 11 is 0. The first-order chi connectivity index (χ1) is 12.1. The summed E-state index contributed by atoms with van der Waals surface area (Å²) in [7, 11) is 1.67. The number of aryl methyl sites for hydroxylation is 1. The number of nitrogens with one attached hydrogen (secondary N) is 2. The Bertz CT molecular complexity index is 757. The molecule has 7 nitrogen and oxygen atoms in total. The zero-order valence-corrected chi connectivity index (χ0v) is 14.9. The van der Waals surface area contributed by atoms with E-state index in [1.165, 1.54) is 0 Å². The van der Waals surface area contributed by atoms with Crippen molar-refractivity contribution in [1.82, 2.24) is 15.5 Å². The van der Waals surface area contributed by atoms with Crippen molar-refractivity contribution in [2.75, 3.05) is 19.0 Å². The van der Waals surface area contributed by atoms with Crippen LogP contribution >= 0.6 is 0 Å². The van der Waals surface area contributed by atoms with Crippen molar-refractivity contribution >= 4 is 11.6 Å². The molecule has 1 aliphatic rings. The molecular weight excluding hydrogens is 320 g/mol. The molecule has 1 aliphatic heterocycles. The number of amides is 1. The number of fused-ring (bicyclic) bond motifs is 1. The smallest absolute Gasteiger partial charge is 0.249 e. The fourth-order valence-electron chi connectivity index (χ4n) is 3.01. The number of hydrogen-bond acceptors (Lipinski definition) is 6. The van der Waals surface area contributed by atoms with E-state index in [2.05, 4.69) is 27.7 Å². The van der Waals surface area contributed by atoms with Crippen LogP contribution in [0.5, 0.6) is 5.75 Å². The van der Waals surface area contributed by atoms with Gasteiger partial charge in [0, 0.05) is 24.2 Å². The molecule has 1 amide bonds. The summed E-state index contributed by atoms with van der Waals surface area (Å²) in [6.07, 6.45) is 2.86. The van der Waals surface area contributed by atoms with Crippen molar-refractivity contribution in [3.05, 3.63) is 35.0 Å². The van der Waals surface area contributed by atoms with Crippen LogP contribution in [0, 0.1) is 6.92 Å². The second-order valence-corrected chi connectivity index (χ2v) is 6.27. The number of carbonyl (C=O) groups excluding carboxylic acids is 1. The lowest BCUT2D eigenvalue weighted by atomic mass is 10.1. The fourth-order valence-corrected chi connectivity index (χ4v) is 3.01. The van der Waals surface area contributed by atoms with Crippen LogP contribution in [0.4, 0.5) is 5.69 Å². The van der Waals surface area contributed by atoms with Gasteiger partial charge in [-0.25, -0.2) is 0 Å². The average Bonchev–Trinajstić information content (AvgIpc) is 3.23. The number of methoxy groups -OCH3 is 1. The molecule has 1 atom stereocenters. The quantitative estimate of drug-likeness (QED) is 0.750. The van der Waals surface area contributed by atoms with Crippen molar-refractivity contribution in [2.24, 2.45) is 0 Å². The average molecular weight is 344 g/mol. The number of aromatic nitrogens is 2. The predicted molar refractivity (Wildman–Crippen MR) is 93.7 cm³/mol. The first-order valence-electron chi connectivity index (χ1n) is 8.64. The molecular formula is C18H24N4O3. The zero-order valence-electron chi connectivity index (χ0n) is 14.9. The Hall–Kier alpha value is -2.57. The van der Waals surface area contributed by atoms with Gasteiger partial charge in [-0.2, -0.15) is 4.98 Å². The normalized spacial score (nSPS) is 15.6. The lowest BCUT2D eigenvalue weighted by Crippen LogP contribution is -2.26. The molecule has 0 aliphatic carbocycles. The monoisotopic (exact) mass is 344 g/mol. The van der Waals surface area contributed by atoms with E-state index in [1.807, 2.05) is 19.1 Å². The topological polar surface area (TPSA) is 89.3 Å². The number of benzene rings is 1. The fraction of sp³-hybridized carbons (Fsp3) is 0.500. The van der Waals surface area contributed by atoms with Crippen LogP contribution in [-0.2, 0) is 17.6 Å². The molecule has 0 spiro atoms. The minimum absolute atomic E-state index is 0.0824. The highest BCUT2D eigenvalue weighted by molar-refractivity contribution is 5.77. The first-order valence-corrected chi connectivity index (χ1v) is 8.64. The highest BCUT2D eigenvalue weighted by atomic mass is 16.5. The molecule has 7 heteroatoms. The molecule has 1 aromatic heterocycles. The molecule has 0 saturated carbocycles. The van der Waals surface area contributed by atoms with Gasteiger partial charge in [0.1, 0.15) is 11.8 Å². The molecule has 2 N–H and O–H groups in total. The molecule has 0 saturated heterocycles. The summed E-state index contributed by atoms with van der Waals surface area (Å²) in [5.74, 6) is 1.67. The van der Waals surface area contributed by atoms with Crippen molar-refractivity contribution in [2.45, 2.75) is 45.6 Å². The summed E-state index contributed by atoms with van der Waals surface area (Å²) in [6.45, 7) is 4.81. The van der Waals surface area contributed by atoms with E-state index >= 15 is 0 Å². The summed E-state index contributed by atoms with van der Waals surface area (Å²) < 4.78 is 10.8. The van der Waals surface area contributed by atoms with Gasteiger partial charge in [0.2, 0.25) is 11.8 Å². The lowest BCUT2D eigenvalue weighted by Gasteiger charge is -2.08. The number of anilines is 1. The third kappa shape index (κ3) is 3.75. The Morgan fingerprint density at radius 3 is 3.08 bits per heavy atom. The van der Waals surface area contributed by atoms with Crippen LogP contribution < -0.4 is 15.4 Å². The van der Waals surface area contributed by atoms with Crippen LogP contribution in [0.1, 0.15) is 48.6 Å². The van der Waals surface area contributed by atoms with E-state index in [1.54, 1.807) is 7.11 Å². The maximum Gasteiger partial charge on any atom is 0.249 e. The van der Waals surface area contributed by atoms with E-state index < -0.39 is 0 Å². The number of rotatable bonds is 7. The molecule has 25 heavy (non-hydrogen) atoms. The van der Waals surface area contributed by atoms with E-state index in [0.717, 1.165) is 35.4 Å². The van der Waals surface area contributed by atoms with E-state index in [9.17, 15) is 4.79 Å². The number of ether oxygens (including phenoxy) is 1. The van der Waals surface area contributed by atoms with Crippen molar-refractivity contribution in [3.8, 4) is 5.75 Å². The Balaban J connectivity index is 1.66. The predicted octanol–water partition coefficient (Wildman–Crippen LogP) is 2.55. The molecule has 134 valence electrons. The van der Waals surface area contributed by atoms with Crippen LogP contribution in [0.25, 0.3) is 0 Å². The van der Waals surface area contributed by atoms with Gasteiger partial charge in [0.25, 0.3) is 0 Å². The van der Waals surface area contributed by atoms with Gasteiger partial charge in [-0.15, -0.1) is 0 Å². The maximum atomic E-state index is 11.9. The first kappa shape index (κ1) is 17.3. The Morgan fingerprint density at radius 2 is 2.32 bits per heavy atom.